The number of carbonyl (C=O) groups excluding carboxylic acids is 1. The van der Waals surface area contributed by atoms with Gasteiger partial charge in [0.05, 0.1) is 10.6 Å². The second-order valence-corrected chi connectivity index (χ2v) is 4.44. The van der Waals surface area contributed by atoms with Crippen molar-refractivity contribution in [3.8, 4) is 0 Å². The van der Waals surface area contributed by atoms with Crippen molar-refractivity contribution in [1.82, 2.24) is 5.32 Å². The molecule has 0 bridgehead atoms. The van der Waals surface area contributed by atoms with Gasteiger partial charge in [0.1, 0.15) is 5.82 Å². The number of amides is 1. The topological polar surface area (TPSA) is 29.1 Å². The molecule has 0 radical (unpaired) electrons. The number of alkyl halides is 1. The molecule has 0 aliphatic heterocycles. The minimum atomic E-state index is -0.615. The number of nitrogens with one attached hydrogen (secondary N) is 1. The third-order valence-corrected chi connectivity index (χ3v) is 3.01. The van der Waals surface area contributed by atoms with Gasteiger partial charge >= 0.3 is 0 Å². The van der Waals surface area contributed by atoms with Crippen LogP contribution < -0.4 is 5.32 Å². The average molecular weight is 278 g/mol. The van der Waals surface area contributed by atoms with Gasteiger partial charge in [0.25, 0.3) is 5.91 Å². The maximum atomic E-state index is 13.5. The van der Waals surface area contributed by atoms with E-state index in [1.165, 1.54) is 18.2 Å². The summed E-state index contributed by atoms with van der Waals surface area (Å²) in [5, 5.41) is 2.83. The lowest BCUT2D eigenvalue weighted by Crippen LogP contribution is -2.35. The van der Waals surface area contributed by atoms with Gasteiger partial charge in [0.2, 0.25) is 0 Å². The Morgan fingerprint density at radius 3 is 2.76 bits per heavy atom. The molecule has 1 amide bonds. The highest BCUT2D eigenvalue weighted by Crippen LogP contribution is 2.19. The van der Waals surface area contributed by atoms with Crippen molar-refractivity contribution in [2.24, 2.45) is 0 Å². The maximum Gasteiger partial charge on any atom is 0.255 e. The van der Waals surface area contributed by atoms with Crippen LogP contribution in [-0.4, -0.2) is 17.8 Å². The Balaban J connectivity index is 2.82. The van der Waals surface area contributed by atoms with E-state index in [2.05, 4.69) is 5.32 Å². The van der Waals surface area contributed by atoms with Gasteiger partial charge in [-0.3, -0.25) is 4.79 Å². The molecule has 17 heavy (non-hydrogen) atoms. The van der Waals surface area contributed by atoms with E-state index in [1.807, 2.05) is 6.92 Å². The monoisotopic (exact) mass is 277 g/mol. The summed E-state index contributed by atoms with van der Waals surface area (Å²) in [7, 11) is 0. The van der Waals surface area contributed by atoms with Gasteiger partial charge in [-0.2, -0.15) is 0 Å². The number of rotatable bonds is 5. The Morgan fingerprint density at radius 2 is 2.24 bits per heavy atom. The minimum Gasteiger partial charge on any atom is -0.349 e. The van der Waals surface area contributed by atoms with Crippen molar-refractivity contribution in [3.05, 3.63) is 34.6 Å². The number of hydrogen-bond acceptors (Lipinski definition) is 1. The molecule has 94 valence electrons. The van der Waals surface area contributed by atoms with Crippen molar-refractivity contribution >= 4 is 29.1 Å². The zero-order valence-corrected chi connectivity index (χ0v) is 11.0. The third-order valence-electron chi connectivity index (χ3n) is 2.48. The van der Waals surface area contributed by atoms with E-state index >= 15 is 0 Å². The first-order chi connectivity index (χ1) is 8.10. The van der Waals surface area contributed by atoms with Crippen molar-refractivity contribution in [1.29, 1.82) is 0 Å². The molecular formula is C12H14Cl2FNO. The van der Waals surface area contributed by atoms with E-state index in [0.717, 1.165) is 6.42 Å². The molecule has 0 saturated carbocycles. The molecule has 2 nitrogen and oxygen atoms in total. The Hall–Kier alpha value is -0.800. The Kier molecular flexibility index (Phi) is 5.72. The molecule has 1 rings (SSSR count). The molecule has 1 unspecified atom stereocenters. The van der Waals surface area contributed by atoms with Gasteiger partial charge in [0, 0.05) is 11.9 Å². The molecule has 1 atom stereocenters. The number of benzene rings is 1. The summed E-state index contributed by atoms with van der Waals surface area (Å²) in [6.45, 7) is 1.93. The van der Waals surface area contributed by atoms with Crippen molar-refractivity contribution in [2.45, 2.75) is 25.8 Å². The number of carbonyl (C=O) groups is 1. The predicted molar refractivity (Wildman–Crippen MR) is 68.3 cm³/mol. The fourth-order valence-electron chi connectivity index (χ4n) is 1.48. The maximum absolute atomic E-state index is 13.5. The van der Waals surface area contributed by atoms with E-state index in [0.29, 0.717) is 12.3 Å². The number of hydrogen-bond donors (Lipinski definition) is 1. The second kappa shape index (κ2) is 6.82. The first-order valence-corrected chi connectivity index (χ1v) is 6.32. The van der Waals surface area contributed by atoms with Gasteiger partial charge < -0.3 is 5.32 Å². The molecule has 1 aromatic carbocycles. The fourth-order valence-corrected chi connectivity index (χ4v) is 1.99. The highest BCUT2D eigenvalue weighted by atomic mass is 35.5. The zero-order valence-electron chi connectivity index (χ0n) is 9.47. The summed E-state index contributed by atoms with van der Waals surface area (Å²) in [6, 6.07) is 4.10. The summed E-state index contributed by atoms with van der Waals surface area (Å²) in [6.07, 6.45) is 1.39. The summed E-state index contributed by atoms with van der Waals surface area (Å²) in [4.78, 5) is 11.9. The van der Waals surface area contributed by atoms with E-state index in [4.69, 9.17) is 23.2 Å². The van der Waals surface area contributed by atoms with E-state index < -0.39 is 11.7 Å². The highest BCUT2D eigenvalue weighted by molar-refractivity contribution is 6.33. The first-order valence-electron chi connectivity index (χ1n) is 5.41. The van der Waals surface area contributed by atoms with E-state index in [1.54, 1.807) is 0 Å². The highest BCUT2D eigenvalue weighted by Gasteiger charge is 2.18. The van der Waals surface area contributed by atoms with Crippen LogP contribution in [0.25, 0.3) is 0 Å². The lowest BCUT2D eigenvalue weighted by Gasteiger charge is -2.16. The van der Waals surface area contributed by atoms with Gasteiger partial charge in [0.15, 0.2) is 0 Å². The molecule has 0 saturated heterocycles. The summed E-state index contributed by atoms with van der Waals surface area (Å²) >= 11 is 11.4. The van der Waals surface area contributed by atoms with Crippen molar-refractivity contribution in [3.63, 3.8) is 0 Å². The SMILES string of the molecule is CCC(CCCl)NC(=O)c1c(F)cccc1Cl. The Morgan fingerprint density at radius 1 is 1.53 bits per heavy atom. The molecule has 0 heterocycles. The van der Waals surface area contributed by atoms with Crippen molar-refractivity contribution in [2.75, 3.05) is 5.88 Å². The molecule has 5 heteroatoms. The molecule has 0 aliphatic carbocycles. The van der Waals surface area contributed by atoms with Crippen molar-refractivity contribution < 1.29 is 9.18 Å². The smallest absolute Gasteiger partial charge is 0.255 e. The number of halogens is 3. The molecule has 0 fully saturated rings. The van der Waals surface area contributed by atoms with Crippen LogP contribution in [0.1, 0.15) is 30.1 Å². The predicted octanol–water partition coefficient (Wildman–Crippen LogP) is 3.62. The van der Waals surface area contributed by atoms with Gasteiger partial charge in [-0.05, 0) is 25.0 Å². The van der Waals surface area contributed by atoms with Crippen LogP contribution in [0.2, 0.25) is 5.02 Å². The van der Waals surface area contributed by atoms with Crippen LogP contribution in [0.3, 0.4) is 0 Å². The fraction of sp³-hybridized carbons (Fsp3) is 0.417. The van der Waals surface area contributed by atoms with E-state index in [-0.39, 0.29) is 16.6 Å². The Bertz CT molecular complexity index is 378. The summed E-state index contributed by atoms with van der Waals surface area (Å²) in [5.41, 5.74) is -0.109. The minimum absolute atomic E-state index is 0.0596. The van der Waals surface area contributed by atoms with Crippen LogP contribution in [0.15, 0.2) is 18.2 Å². The van der Waals surface area contributed by atoms with Crippen LogP contribution in [0.4, 0.5) is 4.39 Å². The molecule has 0 aromatic heterocycles. The lowest BCUT2D eigenvalue weighted by molar-refractivity contribution is 0.0931. The Labute approximate surface area is 110 Å². The summed E-state index contributed by atoms with van der Waals surface area (Å²) < 4.78 is 13.5. The van der Waals surface area contributed by atoms with Crippen LogP contribution in [0.5, 0.6) is 0 Å². The van der Waals surface area contributed by atoms with Crippen LogP contribution in [-0.2, 0) is 0 Å². The molecule has 0 spiro atoms. The molecular weight excluding hydrogens is 264 g/mol. The standard InChI is InChI=1S/C12H14Cl2FNO/c1-2-8(6-7-13)16-12(17)11-9(14)4-3-5-10(11)15/h3-5,8H,2,6-7H2,1H3,(H,16,17). The lowest BCUT2D eigenvalue weighted by atomic mass is 10.1. The molecule has 1 N–H and O–H groups in total. The normalized spacial score (nSPS) is 12.2. The van der Waals surface area contributed by atoms with E-state index in [9.17, 15) is 9.18 Å². The second-order valence-electron chi connectivity index (χ2n) is 3.65. The molecule has 1 aromatic rings. The third kappa shape index (κ3) is 3.86. The summed E-state index contributed by atoms with van der Waals surface area (Å²) in [5.74, 6) is -0.662. The zero-order chi connectivity index (χ0) is 12.8. The quantitative estimate of drug-likeness (QED) is 0.819. The van der Waals surface area contributed by atoms with Gasteiger partial charge in [-0.25, -0.2) is 4.39 Å². The molecule has 0 aliphatic rings. The largest absolute Gasteiger partial charge is 0.349 e. The average Bonchev–Trinajstić information content (AvgIpc) is 2.28. The van der Waals surface area contributed by atoms with Crippen LogP contribution >= 0.6 is 23.2 Å². The van der Waals surface area contributed by atoms with Gasteiger partial charge in [-0.1, -0.05) is 24.6 Å². The van der Waals surface area contributed by atoms with Crippen LogP contribution in [0, 0.1) is 5.82 Å². The first kappa shape index (κ1) is 14.3. The van der Waals surface area contributed by atoms with Gasteiger partial charge in [-0.15, -0.1) is 11.6 Å².